The fourth-order valence-corrected chi connectivity index (χ4v) is 3.65. The van der Waals surface area contributed by atoms with E-state index in [1.165, 1.54) is 4.90 Å². The molecule has 0 bridgehead atoms. The molecule has 0 radical (unpaired) electrons. The Morgan fingerprint density at radius 3 is 2.47 bits per heavy atom. The first-order valence-corrected chi connectivity index (χ1v) is 9.94. The molecule has 3 aromatic rings. The predicted octanol–water partition coefficient (Wildman–Crippen LogP) is 3.21. The number of carbonyl (C=O) groups excluding carboxylic acids is 2. The fraction of sp³-hybridized carbons (Fsp3) is 0.125. The highest BCUT2D eigenvalue weighted by Gasteiger charge is 2.39. The van der Waals surface area contributed by atoms with Crippen molar-refractivity contribution >= 4 is 23.1 Å². The number of imide groups is 1. The molecule has 32 heavy (non-hydrogen) atoms. The van der Waals surface area contributed by atoms with Crippen molar-refractivity contribution in [1.82, 2.24) is 9.88 Å². The summed E-state index contributed by atoms with van der Waals surface area (Å²) in [6.07, 6.45) is 3.26. The van der Waals surface area contributed by atoms with Crippen LogP contribution < -0.4 is 19.5 Å². The summed E-state index contributed by atoms with van der Waals surface area (Å²) in [7, 11) is 1.57. The van der Waals surface area contributed by atoms with Gasteiger partial charge in [0.2, 0.25) is 6.79 Å². The highest BCUT2D eigenvalue weighted by atomic mass is 16.7. The molecule has 0 spiro atoms. The van der Waals surface area contributed by atoms with Crippen LogP contribution in [-0.4, -0.2) is 35.6 Å². The van der Waals surface area contributed by atoms with Gasteiger partial charge in [-0.3, -0.25) is 19.5 Å². The van der Waals surface area contributed by atoms with Crippen molar-refractivity contribution in [3.8, 4) is 17.2 Å². The van der Waals surface area contributed by atoms with Crippen LogP contribution in [-0.2, 0) is 16.1 Å². The Morgan fingerprint density at radius 1 is 0.969 bits per heavy atom. The van der Waals surface area contributed by atoms with E-state index in [0.717, 1.165) is 5.56 Å². The van der Waals surface area contributed by atoms with E-state index in [9.17, 15) is 9.59 Å². The van der Waals surface area contributed by atoms with Crippen LogP contribution in [0, 0.1) is 0 Å². The van der Waals surface area contributed by atoms with Crippen molar-refractivity contribution in [2.24, 2.45) is 0 Å². The van der Waals surface area contributed by atoms with Gasteiger partial charge in [0.05, 0.1) is 19.2 Å². The van der Waals surface area contributed by atoms with Crippen LogP contribution in [0.3, 0.4) is 0 Å². The third-order valence-corrected chi connectivity index (χ3v) is 5.28. The first-order valence-electron chi connectivity index (χ1n) is 9.94. The maximum absolute atomic E-state index is 13.4. The number of anilines is 1. The Bertz CT molecular complexity index is 1220. The van der Waals surface area contributed by atoms with Crippen molar-refractivity contribution in [2.75, 3.05) is 19.2 Å². The van der Waals surface area contributed by atoms with Crippen molar-refractivity contribution in [3.63, 3.8) is 0 Å². The van der Waals surface area contributed by atoms with Crippen LogP contribution >= 0.6 is 0 Å². The molecular weight excluding hydrogens is 410 g/mol. The first kappa shape index (κ1) is 19.6. The normalized spacial score (nSPS) is 14.8. The molecule has 0 unspecified atom stereocenters. The lowest BCUT2D eigenvalue weighted by molar-refractivity contribution is -0.137. The summed E-state index contributed by atoms with van der Waals surface area (Å²) in [5.74, 6) is 1.08. The van der Waals surface area contributed by atoms with E-state index in [1.807, 2.05) is 0 Å². The third kappa shape index (κ3) is 3.51. The topological polar surface area (TPSA) is 90.0 Å². The highest BCUT2D eigenvalue weighted by molar-refractivity contribution is 6.36. The Labute approximate surface area is 184 Å². The van der Waals surface area contributed by atoms with Crippen LogP contribution in [0.2, 0.25) is 0 Å². The van der Waals surface area contributed by atoms with E-state index in [4.69, 9.17) is 14.2 Å². The van der Waals surface area contributed by atoms with Crippen molar-refractivity contribution in [1.29, 1.82) is 0 Å². The van der Waals surface area contributed by atoms with Crippen LogP contribution in [0.15, 0.2) is 72.7 Å². The number of fused-ring (bicyclic) bond motifs is 1. The molecule has 160 valence electrons. The zero-order valence-electron chi connectivity index (χ0n) is 17.2. The van der Waals surface area contributed by atoms with Gasteiger partial charge in [0.15, 0.2) is 11.5 Å². The summed E-state index contributed by atoms with van der Waals surface area (Å²) >= 11 is 0. The number of hydrogen-bond donors (Lipinski definition) is 1. The van der Waals surface area contributed by atoms with Gasteiger partial charge in [0.25, 0.3) is 11.8 Å². The van der Waals surface area contributed by atoms with Gasteiger partial charge in [-0.25, -0.2) is 0 Å². The molecule has 2 aliphatic rings. The Hall–Kier alpha value is -4.33. The lowest BCUT2D eigenvalue weighted by atomic mass is 10.0. The second kappa shape index (κ2) is 8.07. The van der Waals surface area contributed by atoms with Gasteiger partial charge in [-0.2, -0.15) is 0 Å². The largest absolute Gasteiger partial charge is 0.497 e. The number of rotatable bonds is 6. The molecule has 1 aromatic heterocycles. The number of benzene rings is 2. The number of hydrogen-bond acceptors (Lipinski definition) is 7. The number of nitrogens with one attached hydrogen (secondary N) is 1. The lowest BCUT2D eigenvalue weighted by Crippen LogP contribution is -2.32. The molecule has 0 saturated carbocycles. The molecule has 2 aromatic carbocycles. The second-order valence-corrected chi connectivity index (χ2v) is 7.22. The summed E-state index contributed by atoms with van der Waals surface area (Å²) < 4.78 is 16.0. The van der Waals surface area contributed by atoms with E-state index < -0.39 is 5.91 Å². The molecular formula is C24H19N3O5. The molecule has 0 aliphatic carbocycles. The molecule has 5 rings (SSSR count). The molecule has 1 N–H and O–H groups in total. The minimum Gasteiger partial charge on any atom is -0.497 e. The van der Waals surface area contributed by atoms with Crippen LogP contribution in [0.4, 0.5) is 5.69 Å². The van der Waals surface area contributed by atoms with Gasteiger partial charge in [0, 0.05) is 24.1 Å². The number of nitrogens with zero attached hydrogens (tertiary/aromatic N) is 2. The average Bonchev–Trinajstić information content (AvgIpc) is 3.38. The van der Waals surface area contributed by atoms with E-state index >= 15 is 0 Å². The Balaban J connectivity index is 1.53. The van der Waals surface area contributed by atoms with Gasteiger partial charge < -0.3 is 19.5 Å². The van der Waals surface area contributed by atoms with Gasteiger partial charge in [-0.05, 0) is 47.5 Å². The quantitative estimate of drug-likeness (QED) is 0.602. The monoisotopic (exact) mass is 429 g/mol. The number of methoxy groups -OCH3 is 1. The molecule has 2 aliphatic heterocycles. The first-order chi connectivity index (χ1) is 15.6. The van der Waals surface area contributed by atoms with E-state index in [1.54, 1.807) is 74.1 Å². The number of pyridine rings is 1. The molecule has 0 fully saturated rings. The number of aromatic nitrogens is 1. The molecule has 8 nitrogen and oxygen atoms in total. The maximum atomic E-state index is 13.4. The van der Waals surface area contributed by atoms with Crippen LogP contribution in [0.5, 0.6) is 17.2 Å². The van der Waals surface area contributed by atoms with Crippen molar-refractivity contribution in [3.05, 3.63) is 83.8 Å². The minimum atomic E-state index is -0.407. The average molecular weight is 429 g/mol. The minimum absolute atomic E-state index is 0.145. The lowest BCUT2D eigenvalue weighted by Gasteiger charge is -2.15. The number of ether oxygens (including phenoxy) is 3. The highest BCUT2D eigenvalue weighted by Crippen LogP contribution is 2.37. The second-order valence-electron chi connectivity index (χ2n) is 7.22. The number of amides is 2. The zero-order chi connectivity index (χ0) is 22.1. The fourth-order valence-electron chi connectivity index (χ4n) is 3.65. The third-order valence-electron chi connectivity index (χ3n) is 5.28. The van der Waals surface area contributed by atoms with Gasteiger partial charge in [-0.15, -0.1) is 0 Å². The standard InChI is InChI=1S/C24H19N3O5/c1-30-18-5-2-16(3-6-18)21-22(26-17-4-7-19-20(12-17)32-14-31-19)24(29)27(23(21)28)13-15-8-10-25-11-9-15/h2-12,26H,13-14H2,1H3. The zero-order valence-corrected chi connectivity index (χ0v) is 17.2. The van der Waals surface area contributed by atoms with Crippen molar-refractivity contribution in [2.45, 2.75) is 6.54 Å². The van der Waals surface area contributed by atoms with Gasteiger partial charge in [-0.1, -0.05) is 12.1 Å². The summed E-state index contributed by atoms with van der Waals surface area (Å²) in [6.45, 7) is 0.294. The molecule has 0 saturated heterocycles. The molecule has 0 atom stereocenters. The summed E-state index contributed by atoms with van der Waals surface area (Å²) in [5, 5.41) is 3.13. The summed E-state index contributed by atoms with van der Waals surface area (Å²) in [4.78, 5) is 31.9. The van der Waals surface area contributed by atoms with Gasteiger partial charge in [0.1, 0.15) is 11.4 Å². The number of carbonyl (C=O) groups is 2. The van der Waals surface area contributed by atoms with Crippen molar-refractivity contribution < 1.29 is 23.8 Å². The van der Waals surface area contributed by atoms with Crippen LogP contribution in [0.25, 0.3) is 5.57 Å². The smallest absolute Gasteiger partial charge is 0.278 e. The Morgan fingerprint density at radius 2 is 1.72 bits per heavy atom. The molecule has 2 amide bonds. The molecule has 3 heterocycles. The molecule has 8 heteroatoms. The predicted molar refractivity (Wildman–Crippen MR) is 116 cm³/mol. The van der Waals surface area contributed by atoms with Gasteiger partial charge >= 0.3 is 0 Å². The van der Waals surface area contributed by atoms with E-state index in [0.29, 0.717) is 34.1 Å². The maximum Gasteiger partial charge on any atom is 0.278 e. The SMILES string of the molecule is COc1ccc(C2=C(Nc3ccc4c(c3)OCO4)C(=O)N(Cc3ccncc3)C2=O)cc1. The summed E-state index contributed by atoms with van der Waals surface area (Å²) in [5.41, 5.74) is 2.53. The van der Waals surface area contributed by atoms with E-state index in [-0.39, 0.29) is 24.9 Å². The van der Waals surface area contributed by atoms with Crippen LogP contribution in [0.1, 0.15) is 11.1 Å². The summed E-state index contributed by atoms with van der Waals surface area (Å²) in [6, 6.07) is 15.8. The van der Waals surface area contributed by atoms with E-state index in [2.05, 4.69) is 10.3 Å². The Kier molecular flexibility index (Phi) is 4.95.